The molecule has 0 unspecified atom stereocenters. The number of amides is 1. The second kappa shape index (κ2) is 6.09. The summed E-state index contributed by atoms with van der Waals surface area (Å²) in [5.41, 5.74) is -0.0827. The molecule has 110 valence electrons. The van der Waals surface area contributed by atoms with E-state index in [2.05, 4.69) is 21.2 Å². The SMILES string of the molecule is COc1ccc(C(=O)Nc2c(F)cc(F)cc2Br)cc1O. The van der Waals surface area contributed by atoms with Crippen molar-refractivity contribution in [1.82, 2.24) is 0 Å². The van der Waals surface area contributed by atoms with Gasteiger partial charge in [-0.1, -0.05) is 0 Å². The number of halogens is 3. The van der Waals surface area contributed by atoms with E-state index in [1.807, 2.05) is 0 Å². The van der Waals surface area contributed by atoms with Crippen molar-refractivity contribution in [2.45, 2.75) is 0 Å². The van der Waals surface area contributed by atoms with Gasteiger partial charge in [0.05, 0.1) is 12.8 Å². The number of aromatic hydroxyl groups is 1. The topological polar surface area (TPSA) is 58.6 Å². The number of methoxy groups -OCH3 is 1. The second-order valence-corrected chi connectivity index (χ2v) is 4.94. The average molecular weight is 358 g/mol. The zero-order valence-corrected chi connectivity index (χ0v) is 12.4. The van der Waals surface area contributed by atoms with Crippen molar-refractivity contribution >= 4 is 27.5 Å². The molecule has 21 heavy (non-hydrogen) atoms. The summed E-state index contributed by atoms with van der Waals surface area (Å²) in [5.74, 6) is -2.34. The highest BCUT2D eigenvalue weighted by atomic mass is 79.9. The van der Waals surface area contributed by atoms with Gasteiger partial charge in [0, 0.05) is 16.1 Å². The normalized spacial score (nSPS) is 10.3. The maximum Gasteiger partial charge on any atom is 0.255 e. The molecule has 0 aliphatic rings. The Labute approximate surface area is 127 Å². The van der Waals surface area contributed by atoms with Crippen molar-refractivity contribution in [3.63, 3.8) is 0 Å². The Morgan fingerprint density at radius 3 is 2.57 bits per heavy atom. The van der Waals surface area contributed by atoms with Crippen LogP contribution in [0, 0.1) is 11.6 Å². The van der Waals surface area contributed by atoms with E-state index in [4.69, 9.17) is 4.74 Å². The van der Waals surface area contributed by atoms with Crippen LogP contribution < -0.4 is 10.1 Å². The van der Waals surface area contributed by atoms with Crippen molar-refractivity contribution < 1.29 is 23.4 Å². The molecule has 0 aliphatic heterocycles. The molecule has 7 heteroatoms. The van der Waals surface area contributed by atoms with Gasteiger partial charge in [0.2, 0.25) is 0 Å². The number of hydrogen-bond acceptors (Lipinski definition) is 3. The fourth-order valence-electron chi connectivity index (χ4n) is 1.68. The third-order valence-electron chi connectivity index (χ3n) is 2.69. The van der Waals surface area contributed by atoms with Gasteiger partial charge in [0.15, 0.2) is 17.3 Å². The molecular formula is C14H10BrF2NO3. The van der Waals surface area contributed by atoms with Gasteiger partial charge in [-0.3, -0.25) is 4.79 Å². The van der Waals surface area contributed by atoms with Crippen molar-refractivity contribution in [1.29, 1.82) is 0 Å². The smallest absolute Gasteiger partial charge is 0.255 e. The van der Waals surface area contributed by atoms with E-state index in [9.17, 15) is 18.7 Å². The molecule has 0 fully saturated rings. The molecule has 0 aromatic heterocycles. The van der Waals surface area contributed by atoms with Crippen molar-refractivity contribution in [3.05, 3.63) is 52.0 Å². The fourth-order valence-corrected chi connectivity index (χ4v) is 2.19. The zero-order valence-electron chi connectivity index (χ0n) is 10.8. The van der Waals surface area contributed by atoms with Crippen LogP contribution in [0.4, 0.5) is 14.5 Å². The predicted octanol–water partition coefficient (Wildman–Crippen LogP) is 3.69. The first-order chi connectivity index (χ1) is 9.92. The first-order valence-corrected chi connectivity index (χ1v) is 6.54. The van der Waals surface area contributed by atoms with Crippen LogP contribution in [0.3, 0.4) is 0 Å². The molecule has 0 bridgehead atoms. The van der Waals surface area contributed by atoms with Crippen LogP contribution in [-0.4, -0.2) is 18.1 Å². The van der Waals surface area contributed by atoms with E-state index in [1.165, 1.54) is 25.3 Å². The third kappa shape index (κ3) is 3.30. The maximum absolute atomic E-state index is 13.6. The number of ether oxygens (including phenoxy) is 1. The number of benzene rings is 2. The first-order valence-electron chi connectivity index (χ1n) is 5.75. The van der Waals surface area contributed by atoms with Gasteiger partial charge in [0.1, 0.15) is 5.82 Å². The Morgan fingerprint density at radius 1 is 1.29 bits per heavy atom. The molecule has 4 nitrogen and oxygen atoms in total. The van der Waals surface area contributed by atoms with Gasteiger partial charge in [-0.05, 0) is 40.2 Å². The highest BCUT2D eigenvalue weighted by Gasteiger charge is 2.15. The molecule has 2 N–H and O–H groups in total. The fraction of sp³-hybridized carbons (Fsp3) is 0.0714. The monoisotopic (exact) mass is 357 g/mol. The van der Waals surface area contributed by atoms with Crippen LogP contribution in [-0.2, 0) is 0 Å². The Balaban J connectivity index is 2.28. The minimum absolute atomic E-state index is 0.0751. The van der Waals surface area contributed by atoms with Crippen LogP contribution in [0.15, 0.2) is 34.8 Å². The van der Waals surface area contributed by atoms with Gasteiger partial charge in [-0.15, -0.1) is 0 Å². The van der Waals surface area contributed by atoms with Crippen molar-refractivity contribution in [2.24, 2.45) is 0 Å². The molecule has 0 heterocycles. The molecule has 2 aromatic carbocycles. The predicted molar refractivity (Wildman–Crippen MR) is 76.7 cm³/mol. The lowest BCUT2D eigenvalue weighted by molar-refractivity contribution is 0.102. The molecule has 1 amide bonds. The summed E-state index contributed by atoms with van der Waals surface area (Å²) >= 11 is 2.97. The van der Waals surface area contributed by atoms with Crippen LogP contribution in [0.5, 0.6) is 11.5 Å². The largest absolute Gasteiger partial charge is 0.504 e. The molecule has 0 saturated heterocycles. The summed E-state index contributed by atoms with van der Waals surface area (Å²) in [6.07, 6.45) is 0. The van der Waals surface area contributed by atoms with Crippen LogP contribution in [0.1, 0.15) is 10.4 Å². The Morgan fingerprint density at radius 2 is 2.00 bits per heavy atom. The number of carbonyl (C=O) groups is 1. The molecule has 2 aromatic rings. The van der Waals surface area contributed by atoms with Gasteiger partial charge in [0.25, 0.3) is 5.91 Å². The molecular weight excluding hydrogens is 348 g/mol. The van der Waals surface area contributed by atoms with E-state index in [0.29, 0.717) is 6.07 Å². The molecule has 2 rings (SSSR count). The van der Waals surface area contributed by atoms with Crippen molar-refractivity contribution in [2.75, 3.05) is 12.4 Å². The summed E-state index contributed by atoms with van der Waals surface area (Å²) < 4.78 is 31.5. The van der Waals surface area contributed by atoms with E-state index in [0.717, 1.165) is 6.07 Å². The Hall–Kier alpha value is -2.15. The lowest BCUT2D eigenvalue weighted by Crippen LogP contribution is -2.13. The molecule has 0 atom stereocenters. The van der Waals surface area contributed by atoms with Gasteiger partial charge in [-0.25, -0.2) is 8.78 Å². The second-order valence-electron chi connectivity index (χ2n) is 4.09. The highest BCUT2D eigenvalue weighted by Crippen LogP contribution is 2.29. The van der Waals surface area contributed by atoms with Crippen LogP contribution in [0.2, 0.25) is 0 Å². The first kappa shape index (κ1) is 15.2. The molecule has 0 saturated carbocycles. The number of phenolic OH excluding ortho intramolecular Hbond substituents is 1. The lowest BCUT2D eigenvalue weighted by atomic mass is 10.2. The third-order valence-corrected chi connectivity index (χ3v) is 3.31. The van der Waals surface area contributed by atoms with E-state index in [-0.39, 0.29) is 27.2 Å². The molecule has 0 spiro atoms. The number of hydrogen-bond donors (Lipinski definition) is 2. The van der Waals surface area contributed by atoms with Gasteiger partial charge >= 0.3 is 0 Å². The number of anilines is 1. The number of nitrogens with one attached hydrogen (secondary N) is 1. The summed E-state index contributed by atoms with van der Waals surface area (Å²) in [6.45, 7) is 0. The van der Waals surface area contributed by atoms with Gasteiger partial charge in [-0.2, -0.15) is 0 Å². The zero-order chi connectivity index (χ0) is 15.6. The average Bonchev–Trinajstić information content (AvgIpc) is 2.42. The number of rotatable bonds is 3. The van der Waals surface area contributed by atoms with E-state index >= 15 is 0 Å². The number of carbonyl (C=O) groups excluding carboxylic acids is 1. The quantitative estimate of drug-likeness (QED) is 0.880. The highest BCUT2D eigenvalue weighted by molar-refractivity contribution is 9.10. The van der Waals surface area contributed by atoms with E-state index in [1.54, 1.807) is 0 Å². The maximum atomic E-state index is 13.6. The Bertz CT molecular complexity index is 684. The van der Waals surface area contributed by atoms with Gasteiger partial charge < -0.3 is 15.2 Å². The van der Waals surface area contributed by atoms with Crippen molar-refractivity contribution in [3.8, 4) is 11.5 Å². The molecule has 0 radical (unpaired) electrons. The summed E-state index contributed by atoms with van der Waals surface area (Å²) in [7, 11) is 1.37. The minimum Gasteiger partial charge on any atom is -0.504 e. The van der Waals surface area contributed by atoms with Crippen LogP contribution >= 0.6 is 15.9 Å². The standard InChI is InChI=1S/C14H10BrF2NO3/c1-21-12-3-2-7(4-11(12)19)14(20)18-13-9(15)5-8(16)6-10(13)17/h2-6,19H,1H3,(H,18,20). The number of phenols is 1. The lowest BCUT2D eigenvalue weighted by Gasteiger charge is -2.10. The molecule has 0 aliphatic carbocycles. The minimum atomic E-state index is -0.909. The summed E-state index contributed by atoms with van der Waals surface area (Å²) in [6, 6.07) is 5.68. The summed E-state index contributed by atoms with van der Waals surface area (Å²) in [4.78, 5) is 12.0. The summed E-state index contributed by atoms with van der Waals surface area (Å²) in [5, 5.41) is 11.9. The van der Waals surface area contributed by atoms with E-state index < -0.39 is 17.5 Å². The Kier molecular flexibility index (Phi) is 4.42. The van der Waals surface area contributed by atoms with Crippen LogP contribution in [0.25, 0.3) is 0 Å².